The number of rotatable bonds is 2. The lowest BCUT2D eigenvalue weighted by molar-refractivity contribution is -0.148. The van der Waals surface area contributed by atoms with E-state index in [1.54, 1.807) is 0 Å². The Morgan fingerprint density at radius 2 is 1.88 bits per heavy atom. The molecule has 5 aliphatic rings. The minimum absolute atomic E-state index is 0.0914. The molecule has 0 amide bonds. The van der Waals surface area contributed by atoms with Crippen LogP contribution in [0.2, 0.25) is 0 Å². The summed E-state index contributed by atoms with van der Waals surface area (Å²) in [6, 6.07) is 2.18. The summed E-state index contributed by atoms with van der Waals surface area (Å²) in [5.41, 5.74) is 1.04. The van der Waals surface area contributed by atoms with Crippen LogP contribution in [0.3, 0.4) is 0 Å². The summed E-state index contributed by atoms with van der Waals surface area (Å²) in [7, 11) is 0. The number of piperidine rings is 1. The van der Waals surface area contributed by atoms with Crippen LogP contribution in [0.15, 0.2) is 11.6 Å². The number of carbonyl (C=O) groups excluding carboxylic acids is 1. The zero-order valence-corrected chi connectivity index (χ0v) is 14.6. The van der Waals surface area contributed by atoms with E-state index < -0.39 is 0 Å². The summed E-state index contributed by atoms with van der Waals surface area (Å²) in [4.78, 5) is 14.8. The minimum Gasteiger partial charge on any atom is -0.450 e. The van der Waals surface area contributed by atoms with Gasteiger partial charge >= 0.3 is 5.97 Å². The Balaban J connectivity index is 1.41. The number of ether oxygens (including phenoxy) is 1. The van der Waals surface area contributed by atoms with Crippen LogP contribution in [0, 0.1) is 0 Å². The van der Waals surface area contributed by atoms with Crippen LogP contribution < -0.4 is 5.32 Å². The van der Waals surface area contributed by atoms with E-state index in [4.69, 9.17) is 4.74 Å². The van der Waals surface area contributed by atoms with E-state index in [0.29, 0.717) is 24.2 Å². The highest BCUT2D eigenvalue weighted by atomic mass is 16.6. The van der Waals surface area contributed by atoms with E-state index >= 15 is 0 Å². The fourth-order valence-corrected chi connectivity index (χ4v) is 6.31. The quantitative estimate of drug-likeness (QED) is 0.624. The molecule has 0 aromatic carbocycles. The Kier molecular flexibility index (Phi) is 3.75. The van der Waals surface area contributed by atoms with Crippen molar-refractivity contribution in [3.63, 3.8) is 0 Å². The van der Waals surface area contributed by atoms with Gasteiger partial charge in [0.1, 0.15) is 0 Å². The number of nitrogens with one attached hydrogen (secondary N) is 1. The first kappa shape index (κ1) is 15.4. The smallest absolute Gasteiger partial charge is 0.331 e. The number of nitrogens with zero attached hydrogens (tertiary/aromatic N) is 1. The van der Waals surface area contributed by atoms with E-state index in [-0.39, 0.29) is 11.6 Å². The molecule has 3 heterocycles. The van der Waals surface area contributed by atoms with E-state index in [0.717, 1.165) is 12.8 Å². The molecule has 2 aliphatic carbocycles. The maximum atomic E-state index is 12.1. The number of esters is 1. The number of carbonyl (C=O) groups is 1. The van der Waals surface area contributed by atoms with Gasteiger partial charge in [0.25, 0.3) is 0 Å². The van der Waals surface area contributed by atoms with Gasteiger partial charge in [-0.1, -0.05) is 32.1 Å². The molecule has 1 N–H and O–H groups in total. The molecule has 4 atom stereocenters. The van der Waals surface area contributed by atoms with Gasteiger partial charge < -0.3 is 10.1 Å². The third-order valence-electron chi connectivity index (χ3n) is 7.35. The first-order chi connectivity index (χ1) is 11.8. The summed E-state index contributed by atoms with van der Waals surface area (Å²) in [5.74, 6) is -0.0914. The molecule has 5 rings (SSSR count). The molecular weight excluding hydrogens is 300 g/mol. The molecule has 0 aromatic rings. The van der Waals surface area contributed by atoms with Crippen molar-refractivity contribution in [2.45, 2.75) is 100 Å². The highest BCUT2D eigenvalue weighted by Crippen LogP contribution is 2.54. The molecule has 2 saturated carbocycles. The molecule has 1 spiro atoms. The average molecular weight is 330 g/mol. The van der Waals surface area contributed by atoms with Crippen molar-refractivity contribution < 1.29 is 9.53 Å². The molecule has 4 unspecified atom stereocenters. The lowest BCUT2D eigenvalue weighted by atomic mass is 9.75. The van der Waals surface area contributed by atoms with Crippen molar-refractivity contribution in [2.75, 3.05) is 6.54 Å². The maximum Gasteiger partial charge on any atom is 0.331 e. The Hall–Kier alpha value is -0.870. The number of hydrogen-bond acceptors (Lipinski definition) is 4. The summed E-state index contributed by atoms with van der Waals surface area (Å²) in [5, 5.41) is 4.03. The van der Waals surface area contributed by atoms with Crippen molar-refractivity contribution in [2.24, 2.45) is 0 Å². The van der Waals surface area contributed by atoms with Gasteiger partial charge in [-0.05, 0) is 44.2 Å². The van der Waals surface area contributed by atoms with Crippen LogP contribution in [-0.4, -0.2) is 47.2 Å². The van der Waals surface area contributed by atoms with Crippen LogP contribution >= 0.6 is 0 Å². The Bertz CT molecular complexity index is 552. The van der Waals surface area contributed by atoms with Crippen LogP contribution in [0.1, 0.15) is 70.6 Å². The van der Waals surface area contributed by atoms with Crippen LogP contribution in [0.25, 0.3) is 0 Å². The van der Waals surface area contributed by atoms with Gasteiger partial charge in [-0.3, -0.25) is 4.90 Å². The molecule has 24 heavy (non-hydrogen) atoms. The topological polar surface area (TPSA) is 41.6 Å². The zero-order chi connectivity index (χ0) is 16.1. The molecule has 2 saturated heterocycles. The van der Waals surface area contributed by atoms with Crippen LogP contribution in [0.4, 0.5) is 0 Å². The molecule has 4 fully saturated rings. The van der Waals surface area contributed by atoms with Crippen molar-refractivity contribution >= 4 is 5.97 Å². The van der Waals surface area contributed by atoms with E-state index in [9.17, 15) is 4.79 Å². The lowest BCUT2D eigenvalue weighted by Gasteiger charge is -2.38. The monoisotopic (exact) mass is 330 g/mol. The largest absolute Gasteiger partial charge is 0.450 e. The first-order valence-corrected chi connectivity index (χ1v) is 10.2. The van der Waals surface area contributed by atoms with Gasteiger partial charge in [0.15, 0.2) is 5.60 Å². The lowest BCUT2D eigenvalue weighted by Crippen LogP contribution is -2.52. The van der Waals surface area contributed by atoms with Gasteiger partial charge in [-0.2, -0.15) is 0 Å². The Labute approximate surface area is 145 Å². The Morgan fingerprint density at radius 3 is 2.71 bits per heavy atom. The molecule has 132 valence electrons. The predicted molar refractivity (Wildman–Crippen MR) is 92.7 cm³/mol. The van der Waals surface area contributed by atoms with Gasteiger partial charge in [0.05, 0.1) is 6.04 Å². The molecule has 0 aromatic heterocycles. The zero-order valence-electron chi connectivity index (χ0n) is 14.6. The molecule has 4 nitrogen and oxygen atoms in total. The highest BCUT2D eigenvalue weighted by Gasteiger charge is 2.63. The maximum absolute atomic E-state index is 12.1. The minimum atomic E-state index is -0.260. The SMILES string of the molecule is O=C1C=C2CC(NC3CCCCCC3)C3CC2(O1)C1CCCCN31. The van der Waals surface area contributed by atoms with Gasteiger partial charge in [-0.25, -0.2) is 4.79 Å². The fourth-order valence-electron chi connectivity index (χ4n) is 6.31. The average Bonchev–Trinajstić information content (AvgIpc) is 2.91. The molecule has 0 radical (unpaired) electrons. The molecule has 3 aliphatic heterocycles. The predicted octanol–water partition coefficient (Wildman–Crippen LogP) is 2.92. The van der Waals surface area contributed by atoms with Gasteiger partial charge in [-0.15, -0.1) is 0 Å². The molecular formula is C20H30N2O2. The standard InChI is InChI=1S/C20H30N2O2/c23-19-12-14-11-16(21-15-7-3-1-2-4-8-15)17-13-20(14,24-19)18-9-5-6-10-22(17)18/h12,15-18,21H,1-11,13H2. The molecule has 4 heteroatoms. The number of fused-ring (bicyclic) bond motifs is 3. The van der Waals surface area contributed by atoms with Gasteiger partial charge in [0, 0.05) is 30.6 Å². The van der Waals surface area contributed by atoms with E-state index in [1.807, 2.05) is 6.08 Å². The normalized spacial score (nSPS) is 42.9. The van der Waals surface area contributed by atoms with Crippen molar-refractivity contribution in [1.29, 1.82) is 0 Å². The van der Waals surface area contributed by atoms with E-state index in [1.165, 1.54) is 69.9 Å². The third-order valence-corrected chi connectivity index (χ3v) is 7.35. The molecule has 2 bridgehead atoms. The summed E-state index contributed by atoms with van der Waals surface area (Å²) in [6.07, 6.45) is 15.8. The third kappa shape index (κ3) is 2.29. The number of hydrogen-bond donors (Lipinski definition) is 1. The second-order valence-electron chi connectivity index (χ2n) is 8.67. The first-order valence-electron chi connectivity index (χ1n) is 10.2. The highest BCUT2D eigenvalue weighted by molar-refractivity contribution is 5.87. The second-order valence-corrected chi connectivity index (χ2v) is 8.67. The van der Waals surface area contributed by atoms with Crippen molar-refractivity contribution in [1.82, 2.24) is 10.2 Å². The Morgan fingerprint density at radius 1 is 1.08 bits per heavy atom. The summed E-state index contributed by atoms with van der Waals surface area (Å²) in [6.45, 7) is 1.19. The summed E-state index contributed by atoms with van der Waals surface area (Å²) < 4.78 is 5.97. The van der Waals surface area contributed by atoms with Crippen molar-refractivity contribution in [3.8, 4) is 0 Å². The van der Waals surface area contributed by atoms with Crippen molar-refractivity contribution in [3.05, 3.63) is 11.6 Å². The van der Waals surface area contributed by atoms with Crippen LogP contribution in [-0.2, 0) is 9.53 Å². The van der Waals surface area contributed by atoms with Gasteiger partial charge in [0.2, 0.25) is 0 Å². The summed E-state index contributed by atoms with van der Waals surface area (Å²) >= 11 is 0. The second kappa shape index (κ2) is 5.84. The van der Waals surface area contributed by atoms with Crippen LogP contribution in [0.5, 0.6) is 0 Å². The fraction of sp³-hybridized carbons (Fsp3) is 0.850. The van der Waals surface area contributed by atoms with E-state index in [2.05, 4.69) is 10.2 Å².